The van der Waals surface area contributed by atoms with Crippen LogP contribution in [0.4, 0.5) is 0 Å². The smallest absolute Gasteiger partial charge is 0.330 e. The quantitative estimate of drug-likeness (QED) is 0.534. The van der Waals surface area contributed by atoms with Crippen LogP contribution in [0.15, 0.2) is 12.7 Å². The predicted molar refractivity (Wildman–Crippen MR) is 77.8 cm³/mol. The van der Waals surface area contributed by atoms with E-state index in [1.807, 2.05) is 0 Å². The molecule has 0 radical (unpaired) electrons. The highest BCUT2D eigenvalue weighted by atomic mass is 16.6. The molecule has 0 amide bonds. The van der Waals surface area contributed by atoms with Gasteiger partial charge in [-0.25, -0.2) is 4.79 Å². The maximum atomic E-state index is 11.8. The minimum absolute atomic E-state index is 0.176. The highest BCUT2D eigenvalue weighted by molar-refractivity contribution is 5.81. The number of ether oxygens (including phenoxy) is 1. The molecule has 0 spiro atoms. The molecule has 0 aliphatic heterocycles. The predicted octanol–water partition coefficient (Wildman–Crippen LogP) is 4.63. The van der Waals surface area contributed by atoms with Gasteiger partial charge in [-0.2, -0.15) is 0 Å². The van der Waals surface area contributed by atoms with Crippen molar-refractivity contribution < 1.29 is 9.53 Å². The number of carbonyl (C=O) groups excluding carboxylic acids is 1. The molecule has 2 heteroatoms. The minimum atomic E-state index is -0.220. The van der Waals surface area contributed by atoms with Crippen molar-refractivity contribution >= 4 is 5.97 Å². The van der Waals surface area contributed by atoms with E-state index in [1.54, 1.807) is 0 Å². The lowest BCUT2D eigenvalue weighted by Crippen LogP contribution is -2.49. The third-order valence-electron chi connectivity index (χ3n) is 5.18. The van der Waals surface area contributed by atoms with Gasteiger partial charge < -0.3 is 4.74 Å². The summed E-state index contributed by atoms with van der Waals surface area (Å²) >= 11 is 0. The molecule has 0 saturated heterocycles. The number of unbranched alkanes of at least 4 members (excludes halogenated alkanes) is 1. The van der Waals surface area contributed by atoms with E-state index in [4.69, 9.17) is 4.74 Å². The monoisotopic (exact) mass is 264 g/mol. The molecule has 19 heavy (non-hydrogen) atoms. The van der Waals surface area contributed by atoms with Crippen molar-refractivity contribution in [1.82, 2.24) is 0 Å². The Kier molecular flexibility index (Phi) is 5.06. The van der Waals surface area contributed by atoms with Gasteiger partial charge in [0.15, 0.2) is 0 Å². The van der Waals surface area contributed by atoms with Crippen LogP contribution < -0.4 is 0 Å². The minimum Gasteiger partial charge on any atom is -0.456 e. The van der Waals surface area contributed by atoms with Crippen LogP contribution in [0.25, 0.3) is 0 Å². The third kappa shape index (κ3) is 3.21. The number of hydrogen-bond donors (Lipinski definition) is 0. The Labute approximate surface area is 117 Å². The van der Waals surface area contributed by atoms with Crippen molar-refractivity contribution in [3.05, 3.63) is 12.7 Å². The molecule has 0 aromatic rings. The summed E-state index contributed by atoms with van der Waals surface area (Å²) in [5, 5.41) is 0. The SMILES string of the molecule is C=CC(=O)OC1(CCCC)CCCC2CCCCC21. The average molecular weight is 264 g/mol. The molecule has 3 atom stereocenters. The van der Waals surface area contributed by atoms with E-state index in [0.717, 1.165) is 25.2 Å². The van der Waals surface area contributed by atoms with Crippen LogP contribution in [0.1, 0.15) is 71.1 Å². The van der Waals surface area contributed by atoms with Crippen molar-refractivity contribution in [2.24, 2.45) is 11.8 Å². The molecule has 0 N–H and O–H groups in total. The summed E-state index contributed by atoms with van der Waals surface area (Å²) in [6, 6.07) is 0. The zero-order chi connectivity index (χ0) is 13.7. The van der Waals surface area contributed by atoms with Crippen LogP contribution >= 0.6 is 0 Å². The second kappa shape index (κ2) is 6.58. The molecule has 108 valence electrons. The Balaban J connectivity index is 2.17. The summed E-state index contributed by atoms with van der Waals surface area (Å²) in [5.41, 5.74) is -0.176. The molecule has 2 rings (SSSR count). The van der Waals surface area contributed by atoms with Gasteiger partial charge in [0.2, 0.25) is 0 Å². The first kappa shape index (κ1) is 14.6. The number of carbonyl (C=O) groups is 1. The number of esters is 1. The van der Waals surface area contributed by atoms with Crippen LogP contribution in [0.5, 0.6) is 0 Å². The lowest BCUT2D eigenvalue weighted by Gasteiger charge is -2.49. The molecule has 0 heterocycles. The molecule has 2 nitrogen and oxygen atoms in total. The Bertz CT molecular complexity index is 321. The highest BCUT2D eigenvalue weighted by Gasteiger charge is 2.48. The van der Waals surface area contributed by atoms with E-state index in [2.05, 4.69) is 13.5 Å². The van der Waals surface area contributed by atoms with Crippen LogP contribution in [0.3, 0.4) is 0 Å². The summed E-state index contributed by atoms with van der Waals surface area (Å²) in [6.45, 7) is 5.78. The fourth-order valence-electron chi connectivity index (χ4n) is 4.30. The van der Waals surface area contributed by atoms with Gasteiger partial charge in [-0.05, 0) is 44.4 Å². The van der Waals surface area contributed by atoms with Crippen molar-refractivity contribution in [3.63, 3.8) is 0 Å². The maximum absolute atomic E-state index is 11.8. The molecule has 0 aromatic heterocycles. The topological polar surface area (TPSA) is 26.3 Å². The second-order valence-electron chi connectivity index (χ2n) is 6.34. The summed E-state index contributed by atoms with van der Waals surface area (Å²) in [7, 11) is 0. The zero-order valence-electron chi connectivity index (χ0n) is 12.3. The molecule has 2 aliphatic rings. The van der Waals surface area contributed by atoms with Crippen molar-refractivity contribution in [2.45, 2.75) is 76.7 Å². The zero-order valence-corrected chi connectivity index (χ0v) is 12.3. The van der Waals surface area contributed by atoms with E-state index in [9.17, 15) is 4.79 Å². The molecule has 3 unspecified atom stereocenters. The van der Waals surface area contributed by atoms with Crippen LogP contribution in [0.2, 0.25) is 0 Å². The van der Waals surface area contributed by atoms with Gasteiger partial charge in [0.05, 0.1) is 0 Å². The Hall–Kier alpha value is -0.790. The first-order valence-electron chi connectivity index (χ1n) is 8.07. The molecular formula is C17H28O2. The van der Waals surface area contributed by atoms with Crippen molar-refractivity contribution in [3.8, 4) is 0 Å². The van der Waals surface area contributed by atoms with Crippen LogP contribution in [-0.4, -0.2) is 11.6 Å². The van der Waals surface area contributed by atoms with Crippen LogP contribution in [0, 0.1) is 11.8 Å². The molecule has 2 saturated carbocycles. The summed E-state index contributed by atoms with van der Waals surface area (Å²) in [5.74, 6) is 1.17. The van der Waals surface area contributed by atoms with Gasteiger partial charge in [0, 0.05) is 12.0 Å². The van der Waals surface area contributed by atoms with Gasteiger partial charge in [-0.3, -0.25) is 0 Å². The number of fused-ring (bicyclic) bond motifs is 1. The van der Waals surface area contributed by atoms with Gasteiger partial charge in [0.1, 0.15) is 5.60 Å². The largest absolute Gasteiger partial charge is 0.456 e. The van der Waals surface area contributed by atoms with Crippen molar-refractivity contribution in [2.75, 3.05) is 0 Å². The standard InChI is InChI=1S/C17H28O2/c1-3-5-12-17(19-16(18)4-2)13-8-10-14-9-6-7-11-15(14)17/h4,14-15H,2-3,5-13H2,1H3. The third-order valence-corrected chi connectivity index (χ3v) is 5.18. The number of hydrogen-bond acceptors (Lipinski definition) is 2. The fraction of sp³-hybridized carbons (Fsp3) is 0.824. The van der Waals surface area contributed by atoms with E-state index in [1.165, 1.54) is 51.0 Å². The second-order valence-corrected chi connectivity index (χ2v) is 6.34. The molecular weight excluding hydrogens is 236 g/mol. The molecule has 2 aliphatic carbocycles. The van der Waals surface area contributed by atoms with Gasteiger partial charge >= 0.3 is 5.97 Å². The first-order chi connectivity index (χ1) is 9.22. The fourth-order valence-corrected chi connectivity index (χ4v) is 4.30. The average Bonchev–Trinajstić information content (AvgIpc) is 2.45. The molecule has 2 fully saturated rings. The molecule has 0 aromatic carbocycles. The van der Waals surface area contributed by atoms with Gasteiger partial charge in [-0.15, -0.1) is 0 Å². The van der Waals surface area contributed by atoms with E-state index in [0.29, 0.717) is 5.92 Å². The molecule has 0 bridgehead atoms. The Morgan fingerprint density at radius 3 is 2.79 bits per heavy atom. The first-order valence-corrected chi connectivity index (χ1v) is 8.07. The normalized spacial score (nSPS) is 34.4. The maximum Gasteiger partial charge on any atom is 0.330 e. The summed E-state index contributed by atoms with van der Waals surface area (Å²) < 4.78 is 5.94. The van der Waals surface area contributed by atoms with Gasteiger partial charge in [-0.1, -0.05) is 39.2 Å². The number of rotatable bonds is 5. The van der Waals surface area contributed by atoms with Gasteiger partial charge in [0.25, 0.3) is 0 Å². The lowest BCUT2D eigenvalue weighted by molar-refractivity contribution is -0.173. The van der Waals surface area contributed by atoms with E-state index >= 15 is 0 Å². The lowest BCUT2D eigenvalue weighted by atomic mass is 9.61. The Morgan fingerprint density at radius 2 is 2.05 bits per heavy atom. The summed E-state index contributed by atoms with van der Waals surface area (Å²) in [6.07, 6.45) is 13.6. The van der Waals surface area contributed by atoms with E-state index in [-0.39, 0.29) is 11.6 Å². The van der Waals surface area contributed by atoms with Crippen LogP contribution in [-0.2, 0) is 9.53 Å². The van der Waals surface area contributed by atoms with E-state index < -0.39 is 0 Å². The highest BCUT2D eigenvalue weighted by Crippen LogP contribution is 2.50. The Morgan fingerprint density at radius 1 is 1.32 bits per heavy atom. The summed E-state index contributed by atoms with van der Waals surface area (Å²) in [4.78, 5) is 11.8. The van der Waals surface area contributed by atoms with Crippen molar-refractivity contribution in [1.29, 1.82) is 0 Å².